The highest BCUT2D eigenvalue weighted by atomic mass is 35.5. The average molecular weight is 270 g/mol. The molecule has 0 amide bonds. The summed E-state index contributed by atoms with van der Waals surface area (Å²) in [6.07, 6.45) is 0. The highest BCUT2D eigenvalue weighted by Gasteiger charge is 2.08. The van der Waals surface area contributed by atoms with Gasteiger partial charge in [0.15, 0.2) is 0 Å². The van der Waals surface area contributed by atoms with Gasteiger partial charge in [0.05, 0.1) is 5.56 Å². The molecule has 0 aliphatic heterocycles. The van der Waals surface area contributed by atoms with Crippen LogP contribution in [0.25, 0.3) is 0 Å². The van der Waals surface area contributed by atoms with Crippen LogP contribution in [0.5, 0.6) is 5.88 Å². The number of ether oxygens (including phenoxy) is 1. The number of halogens is 1. The molecule has 2 heterocycles. The number of rotatable bonds is 4. The van der Waals surface area contributed by atoms with Gasteiger partial charge in [-0.25, -0.2) is 9.78 Å². The van der Waals surface area contributed by atoms with Gasteiger partial charge in [-0.2, -0.15) is 0 Å². The fraction of sp³-hybridized carbons (Fsp3) is 0.0909. The van der Waals surface area contributed by atoms with Crippen LogP contribution in [0, 0.1) is 0 Å². The lowest BCUT2D eigenvalue weighted by molar-refractivity contribution is 0.0696. The molecule has 0 radical (unpaired) electrons. The summed E-state index contributed by atoms with van der Waals surface area (Å²) in [7, 11) is 0. The van der Waals surface area contributed by atoms with E-state index < -0.39 is 5.97 Å². The topological polar surface area (TPSA) is 59.4 Å². The lowest BCUT2D eigenvalue weighted by Gasteiger charge is -2.05. The summed E-state index contributed by atoms with van der Waals surface area (Å²) >= 11 is 7.26. The monoisotopic (exact) mass is 269 g/mol. The molecule has 0 atom stereocenters. The molecule has 17 heavy (non-hydrogen) atoms. The van der Waals surface area contributed by atoms with Crippen LogP contribution in [-0.2, 0) is 6.61 Å². The first-order chi connectivity index (χ1) is 8.15. The van der Waals surface area contributed by atoms with E-state index in [2.05, 4.69) is 4.98 Å². The van der Waals surface area contributed by atoms with E-state index in [9.17, 15) is 4.79 Å². The van der Waals surface area contributed by atoms with Crippen molar-refractivity contribution in [3.8, 4) is 5.88 Å². The number of pyridine rings is 1. The second kappa shape index (κ2) is 5.16. The Morgan fingerprint density at radius 3 is 3.00 bits per heavy atom. The minimum atomic E-state index is -1.06. The second-order valence-corrected chi connectivity index (χ2v) is 4.61. The summed E-state index contributed by atoms with van der Waals surface area (Å²) in [4.78, 5) is 15.7. The minimum absolute atomic E-state index is 0.0613. The highest BCUT2D eigenvalue weighted by Crippen LogP contribution is 2.18. The molecule has 88 valence electrons. The molecule has 0 bridgehead atoms. The van der Waals surface area contributed by atoms with E-state index in [-0.39, 0.29) is 16.6 Å². The van der Waals surface area contributed by atoms with Crippen molar-refractivity contribution in [2.24, 2.45) is 0 Å². The molecule has 1 N–H and O–H groups in total. The van der Waals surface area contributed by atoms with Crippen molar-refractivity contribution >= 4 is 28.9 Å². The fourth-order valence-electron chi connectivity index (χ4n) is 1.21. The number of aromatic carboxylic acids is 1. The van der Waals surface area contributed by atoms with Crippen molar-refractivity contribution in [3.05, 3.63) is 45.2 Å². The number of aromatic nitrogens is 1. The zero-order valence-electron chi connectivity index (χ0n) is 8.59. The predicted octanol–water partition coefficient (Wildman–Crippen LogP) is 3.07. The summed E-state index contributed by atoms with van der Waals surface area (Å²) in [6.45, 7) is 0.351. The van der Waals surface area contributed by atoms with Gasteiger partial charge in [-0.3, -0.25) is 0 Å². The van der Waals surface area contributed by atoms with Gasteiger partial charge in [-0.1, -0.05) is 17.7 Å². The Hall–Kier alpha value is -1.59. The third-order valence-corrected chi connectivity index (χ3v) is 3.00. The van der Waals surface area contributed by atoms with Crippen LogP contribution in [0.1, 0.15) is 15.2 Å². The number of thiophene rings is 1. The summed E-state index contributed by atoms with van der Waals surface area (Å²) < 4.78 is 5.37. The number of carboxylic acids is 1. The molecular formula is C11H8ClNO3S. The molecule has 0 aliphatic rings. The molecule has 2 rings (SSSR count). The van der Waals surface area contributed by atoms with Gasteiger partial charge in [-0.15, -0.1) is 11.3 Å². The number of hydrogen-bond donors (Lipinski definition) is 1. The van der Waals surface area contributed by atoms with Crippen LogP contribution in [0.3, 0.4) is 0 Å². The molecule has 4 nitrogen and oxygen atoms in total. The van der Waals surface area contributed by atoms with Crippen LogP contribution >= 0.6 is 22.9 Å². The fourth-order valence-corrected chi connectivity index (χ4v) is 2.03. The standard InChI is InChI=1S/C11H8ClNO3S/c12-9-4-7(11(14)15)5-10(13-9)16-6-8-2-1-3-17-8/h1-5H,6H2,(H,14,15). The summed E-state index contributed by atoms with van der Waals surface area (Å²) in [5, 5.41) is 10.9. The lowest BCUT2D eigenvalue weighted by atomic mass is 10.3. The van der Waals surface area contributed by atoms with E-state index in [1.54, 1.807) is 11.3 Å². The van der Waals surface area contributed by atoms with E-state index in [0.717, 1.165) is 4.88 Å². The van der Waals surface area contributed by atoms with Crippen molar-refractivity contribution in [3.63, 3.8) is 0 Å². The number of carbonyl (C=O) groups is 1. The van der Waals surface area contributed by atoms with Crippen LogP contribution in [0.4, 0.5) is 0 Å². The average Bonchev–Trinajstić information content (AvgIpc) is 2.78. The third kappa shape index (κ3) is 3.18. The zero-order valence-corrected chi connectivity index (χ0v) is 10.2. The largest absolute Gasteiger partial charge is 0.478 e. The molecule has 0 unspecified atom stereocenters. The van der Waals surface area contributed by atoms with Gasteiger partial charge in [0.25, 0.3) is 0 Å². The van der Waals surface area contributed by atoms with Crippen LogP contribution in [0.15, 0.2) is 29.6 Å². The highest BCUT2D eigenvalue weighted by molar-refractivity contribution is 7.09. The summed E-state index contributed by atoms with van der Waals surface area (Å²) in [5.74, 6) is -0.849. The van der Waals surface area contributed by atoms with E-state index in [1.807, 2.05) is 17.5 Å². The van der Waals surface area contributed by atoms with Gasteiger partial charge in [0.1, 0.15) is 11.8 Å². The van der Waals surface area contributed by atoms with Gasteiger partial charge in [0.2, 0.25) is 5.88 Å². The van der Waals surface area contributed by atoms with Crippen molar-refractivity contribution in [1.29, 1.82) is 0 Å². The SMILES string of the molecule is O=C(O)c1cc(Cl)nc(OCc2cccs2)c1. The predicted molar refractivity (Wildman–Crippen MR) is 64.9 cm³/mol. The van der Waals surface area contributed by atoms with Gasteiger partial charge in [-0.05, 0) is 17.5 Å². The maximum Gasteiger partial charge on any atom is 0.335 e. The number of nitrogens with zero attached hydrogens (tertiary/aromatic N) is 1. The molecule has 0 saturated heterocycles. The molecule has 0 aliphatic carbocycles. The van der Waals surface area contributed by atoms with E-state index in [1.165, 1.54) is 12.1 Å². The Morgan fingerprint density at radius 1 is 1.53 bits per heavy atom. The molecule has 0 spiro atoms. The Labute approximate surface area is 106 Å². The molecule has 0 aromatic carbocycles. The molecule has 2 aromatic heterocycles. The van der Waals surface area contributed by atoms with Crippen LogP contribution < -0.4 is 4.74 Å². The van der Waals surface area contributed by atoms with Crippen molar-refractivity contribution in [2.45, 2.75) is 6.61 Å². The van der Waals surface area contributed by atoms with E-state index in [0.29, 0.717) is 6.61 Å². The van der Waals surface area contributed by atoms with Gasteiger partial charge < -0.3 is 9.84 Å². The second-order valence-electron chi connectivity index (χ2n) is 3.19. The van der Waals surface area contributed by atoms with E-state index in [4.69, 9.17) is 21.4 Å². The first-order valence-corrected chi connectivity index (χ1v) is 5.97. The first kappa shape index (κ1) is 11.9. The zero-order chi connectivity index (χ0) is 12.3. The normalized spacial score (nSPS) is 10.2. The van der Waals surface area contributed by atoms with Crippen molar-refractivity contribution in [2.75, 3.05) is 0 Å². The van der Waals surface area contributed by atoms with Gasteiger partial charge >= 0.3 is 5.97 Å². The number of hydrogen-bond acceptors (Lipinski definition) is 4. The van der Waals surface area contributed by atoms with E-state index >= 15 is 0 Å². The maximum atomic E-state index is 10.8. The minimum Gasteiger partial charge on any atom is -0.478 e. The Balaban J connectivity index is 2.13. The maximum absolute atomic E-state index is 10.8. The Bertz CT molecular complexity index is 528. The van der Waals surface area contributed by atoms with Crippen molar-refractivity contribution in [1.82, 2.24) is 4.98 Å². The summed E-state index contributed by atoms with van der Waals surface area (Å²) in [5.41, 5.74) is 0.0613. The third-order valence-electron chi connectivity index (χ3n) is 1.96. The summed E-state index contributed by atoms with van der Waals surface area (Å²) in [6, 6.07) is 6.47. The van der Waals surface area contributed by atoms with Crippen LogP contribution in [0.2, 0.25) is 5.15 Å². The van der Waals surface area contributed by atoms with Crippen LogP contribution in [-0.4, -0.2) is 16.1 Å². The molecule has 2 aromatic rings. The molecule has 6 heteroatoms. The Kier molecular flexibility index (Phi) is 3.61. The smallest absolute Gasteiger partial charge is 0.335 e. The van der Waals surface area contributed by atoms with Gasteiger partial charge in [0, 0.05) is 10.9 Å². The molecule has 0 fully saturated rings. The Morgan fingerprint density at radius 2 is 2.35 bits per heavy atom. The first-order valence-electron chi connectivity index (χ1n) is 4.71. The number of carboxylic acid groups (broad SMARTS) is 1. The lowest BCUT2D eigenvalue weighted by Crippen LogP contribution is -2.01. The molecular weight excluding hydrogens is 262 g/mol. The van der Waals surface area contributed by atoms with Crippen molar-refractivity contribution < 1.29 is 14.6 Å². The molecule has 0 saturated carbocycles. The quantitative estimate of drug-likeness (QED) is 0.867.